The molecule has 0 aromatic carbocycles. The van der Waals surface area contributed by atoms with Crippen LogP contribution in [0.5, 0.6) is 0 Å². The van der Waals surface area contributed by atoms with Crippen molar-refractivity contribution in [2.75, 3.05) is 27.2 Å². The molecule has 0 atom stereocenters. The Morgan fingerprint density at radius 3 is 2.50 bits per heavy atom. The molecule has 0 rings (SSSR count). The number of aliphatic hydroxyl groups is 1. The highest BCUT2D eigenvalue weighted by atomic mass is 16.3. The van der Waals surface area contributed by atoms with Gasteiger partial charge in [-0.2, -0.15) is 0 Å². The van der Waals surface area contributed by atoms with Gasteiger partial charge in [-0.15, -0.1) is 0 Å². The van der Waals surface area contributed by atoms with Gasteiger partial charge in [-0.05, 0) is 13.3 Å². The predicted octanol–water partition coefficient (Wildman–Crippen LogP) is 0.349. The van der Waals surface area contributed by atoms with E-state index in [2.05, 4.69) is 4.99 Å². The van der Waals surface area contributed by atoms with Gasteiger partial charge in [0, 0.05) is 27.2 Å². The lowest BCUT2D eigenvalue weighted by molar-refractivity contribution is 0.291. The summed E-state index contributed by atoms with van der Waals surface area (Å²) in [7, 11) is 3.91. The summed E-state index contributed by atoms with van der Waals surface area (Å²) in [5.41, 5.74) is 0. The van der Waals surface area contributed by atoms with Crippen molar-refractivity contribution < 1.29 is 5.11 Å². The molecule has 0 aromatic heterocycles. The first-order valence-corrected chi connectivity index (χ1v) is 3.47. The first-order chi connectivity index (χ1) is 4.68. The molecule has 0 fully saturated rings. The van der Waals surface area contributed by atoms with E-state index in [-0.39, 0.29) is 6.61 Å². The lowest BCUT2D eigenvalue weighted by Gasteiger charge is -2.10. The van der Waals surface area contributed by atoms with Gasteiger partial charge in [-0.1, -0.05) is 0 Å². The molecule has 60 valence electrons. The molecule has 0 aliphatic carbocycles. The van der Waals surface area contributed by atoms with Gasteiger partial charge >= 0.3 is 0 Å². The average Bonchev–Trinajstić information content (AvgIpc) is 1.88. The molecule has 0 saturated heterocycles. The molecule has 0 heterocycles. The van der Waals surface area contributed by atoms with E-state index in [0.717, 1.165) is 18.8 Å². The summed E-state index contributed by atoms with van der Waals surface area (Å²) in [6.07, 6.45) is 0.755. The molecule has 0 amide bonds. The van der Waals surface area contributed by atoms with Crippen molar-refractivity contribution in [1.29, 1.82) is 0 Å². The lowest BCUT2D eigenvalue weighted by Crippen LogP contribution is -2.18. The highest BCUT2D eigenvalue weighted by Gasteiger charge is 1.89. The normalized spacial score (nSPS) is 11.8. The Morgan fingerprint density at radius 1 is 1.50 bits per heavy atom. The number of nitrogens with zero attached hydrogens (tertiary/aromatic N) is 2. The van der Waals surface area contributed by atoms with E-state index >= 15 is 0 Å². The topological polar surface area (TPSA) is 35.8 Å². The molecule has 0 aromatic rings. The summed E-state index contributed by atoms with van der Waals surface area (Å²) < 4.78 is 0. The molecule has 0 spiro atoms. The third kappa shape index (κ3) is 4.32. The molecule has 0 aliphatic rings. The number of hydrogen-bond acceptors (Lipinski definition) is 2. The molecule has 10 heavy (non-hydrogen) atoms. The Morgan fingerprint density at radius 2 is 2.10 bits per heavy atom. The van der Waals surface area contributed by atoms with Gasteiger partial charge in [-0.3, -0.25) is 4.99 Å². The summed E-state index contributed by atoms with van der Waals surface area (Å²) >= 11 is 0. The first-order valence-electron chi connectivity index (χ1n) is 3.47. The number of amidine groups is 1. The van der Waals surface area contributed by atoms with Gasteiger partial charge in [0.2, 0.25) is 0 Å². The van der Waals surface area contributed by atoms with Gasteiger partial charge in [0.25, 0.3) is 0 Å². The Hall–Kier alpha value is -0.570. The number of hydrogen-bond donors (Lipinski definition) is 1. The zero-order valence-corrected chi connectivity index (χ0v) is 6.96. The Kier molecular flexibility index (Phi) is 4.94. The Labute approximate surface area is 62.4 Å². The van der Waals surface area contributed by atoms with E-state index in [9.17, 15) is 0 Å². The molecule has 0 saturated carbocycles. The highest BCUT2D eigenvalue weighted by Crippen LogP contribution is 1.84. The van der Waals surface area contributed by atoms with Crippen LogP contribution in [0, 0.1) is 0 Å². The van der Waals surface area contributed by atoms with E-state index in [1.807, 2.05) is 25.9 Å². The van der Waals surface area contributed by atoms with E-state index in [0.29, 0.717) is 0 Å². The van der Waals surface area contributed by atoms with Crippen molar-refractivity contribution in [3.63, 3.8) is 0 Å². The van der Waals surface area contributed by atoms with Gasteiger partial charge in [0.1, 0.15) is 0 Å². The van der Waals surface area contributed by atoms with Crippen LogP contribution < -0.4 is 0 Å². The van der Waals surface area contributed by atoms with Crippen LogP contribution in [0.15, 0.2) is 4.99 Å². The van der Waals surface area contributed by atoms with Crippen molar-refractivity contribution in [3.05, 3.63) is 0 Å². The molecule has 0 aliphatic heterocycles. The summed E-state index contributed by atoms with van der Waals surface area (Å²) in [6.45, 7) is 2.90. The summed E-state index contributed by atoms with van der Waals surface area (Å²) in [4.78, 5) is 6.15. The summed E-state index contributed by atoms with van der Waals surface area (Å²) in [5, 5.41) is 8.43. The maximum Gasteiger partial charge on any atom is 0.0952 e. The van der Waals surface area contributed by atoms with Crippen LogP contribution in [0.4, 0.5) is 0 Å². The quantitative estimate of drug-likeness (QED) is 0.352. The van der Waals surface area contributed by atoms with Crippen molar-refractivity contribution in [2.24, 2.45) is 4.99 Å². The van der Waals surface area contributed by atoms with Gasteiger partial charge in [-0.25, -0.2) is 0 Å². The van der Waals surface area contributed by atoms with Crippen molar-refractivity contribution >= 4 is 5.84 Å². The molecule has 1 N–H and O–H groups in total. The maximum atomic E-state index is 8.43. The van der Waals surface area contributed by atoms with E-state index in [1.54, 1.807) is 0 Å². The third-order valence-electron chi connectivity index (χ3n) is 1.30. The second-order valence-corrected chi connectivity index (χ2v) is 2.40. The summed E-state index contributed by atoms with van der Waals surface area (Å²) in [5.74, 6) is 1.01. The zero-order chi connectivity index (χ0) is 7.98. The molecule has 0 radical (unpaired) electrons. The zero-order valence-electron chi connectivity index (χ0n) is 6.96. The fraction of sp³-hybridized carbons (Fsp3) is 0.857. The van der Waals surface area contributed by atoms with Crippen LogP contribution in [-0.4, -0.2) is 43.1 Å². The van der Waals surface area contributed by atoms with E-state index in [1.165, 1.54) is 0 Å². The Bertz CT molecular complexity index is 110. The standard InChI is InChI=1S/C7H16N2O/c1-7(9(2)3)8-5-4-6-10/h10H,4-6H2,1-3H3. The SMILES string of the molecule is CC(=NCCCO)N(C)C. The van der Waals surface area contributed by atoms with Gasteiger partial charge < -0.3 is 10.0 Å². The van der Waals surface area contributed by atoms with Crippen LogP contribution in [0.3, 0.4) is 0 Å². The minimum absolute atomic E-state index is 0.226. The van der Waals surface area contributed by atoms with Crippen molar-refractivity contribution in [1.82, 2.24) is 4.90 Å². The smallest absolute Gasteiger partial charge is 0.0952 e. The maximum absolute atomic E-state index is 8.43. The number of rotatable bonds is 3. The monoisotopic (exact) mass is 144 g/mol. The molecule has 3 heteroatoms. The van der Waals surface area contributed by atoms with Crippen LogP contribution >= 0.6 is 0 Å². The third-order valence-corrected chi connectivity index (χ3v) is 1.30. The number of aliphatic imine (C=N–C) groups is 1. The summed E-state index contributed by atoms with van der Waals surface area (Å²) in [6, 6.07) is 0. The molecular weight excluding hydrogens is 128 g/mol. The second kappa shape index (κ2) is 5.23. The fourth-order valence-electron chi connectivity index (χ4n) is 0.453. The molecule has 0 unspecified atom stereocenters. The largest absolute Gasteiger partial charge is 0.396 e. The van der Waals surface area contributed by atoms with Gasteiger partial charge in [0.05, 0.1) is 5.84 Å². The molecular formula is C7H16N2O. The minimum Gasteiger partial charge on any atom is -0.396 e. The lowest BCUT2D eigenvalue weighted by atomic mass is 10.4. The molecule has 0 bridgehead atoms. The van der Waals surface area contributed by atoms with E-state index < -0.39 is 0 Å². The van der Waals surface area contributed by atoms with Crippen LogP contribution in [0.2, 0.25) is 0 Å². The fourth-order valence-corrected chi connectivity index (χ4v) is 0.453. The minimum atomic E-state index is 0.226. The van der Waals surface area contributed by atoms with Crippen LogP contribution in [-0.2, 0) is 0 Å². The van der Waals surface area contributed by atoms with Crippen molar-refractivity contribution in [3.8, 4) is 0 Å². The molecule has 3 nitrogen and oxygen atoms in total. The van der Waals surface area contributed by atoms with Crippen molar-refractivity contribution in [2.45, 2.75) is 13.3 Å². The van der Waals surface area contributed by atoms with E-state index in [4.69, 9.17) is 5.11 Å². The van der Waals surface area contributed by atoms with Crippen LogP contribution in [0.1, 0.15) is 13.3 Å². The highest BCUT2D eigenvalue weighted by molar-refractivity contribution is 5.79. The second-order valence-electron chi connectivity index (χ2n) is 2.40. The van der Waals surface area contributed by atoms with Crippen LogP contribution in [0.25, 0.3) is 0 Å². The average molecular weight is 144 g/mol. The van der Waals surface area contributed by atoms with Gasteiger partial charge in [0.15, 0.2) is 0 Å². The predicted molar refractivity (Wildman–Crippen MR) is 43.4 cm³/mol. The Balaban J connectivity index is 3.48. The first kappa shape index (κ1) is 9.43. The number of aliphatic hydroxyl groups excluding tert-OH is 1.